The number of halogens is 2. The fraction of sp³-hybridized carbons (Fsp3) is 0.333. The molecule has 0 atom stereocenters. The summed E-state index contributed by atoms with van der Waals surface area (Å²) >= 11 is 0. The van der Waals surface area contributed by atoms with Crippen molar-refractivity contribution in [2.24, 2.45) is 0 Å². The fourth-order valence-electron chi connectivity index (χ4n) is 1.14. The van der Waals surface area contributed by atoms with Gasteiger partial charge in [-0.25, -0.2) is 0 Å². The minimum Gasteiger partial charge on any atom is -0.275 e. The summed E-state index contributed by atoms with van der Waals surface area (Å²) in [4.78, 5) is 0. The number of benzene rings is 1. The summed E-state index contributed by atoms with van der Waals surface area (Å²) in [6.45, 7) is 1.98. The maximum Gasteiger partial charge on any atom is 0.411 e. The minimum atomic E-state index is -3.36. The van der Waals surface area contributed by atoms with Crippen LogP contribution < -0.4 is 0 Å². The van der Waals surface area contributed by atoms with Crippen molar-refractivity contribution in [1.29, 1.82) is 0 Å². The van der Waals surface area contributed by atoms with Gasteiger partial charge >= 0.3 is 9.46 Å². The SMILES string of the molecule is Cc1cccc(CC[SiH](F)F)c1. The zero-order valence-corrected chi connectivity index (χ0v) is 8.21. The first kappa shape index (κ1) is 9.39. The lowest BCUT2D eigenvalue weighted by atomic mass is 10.1. The molecule has 0 fully saturated rings. The molecule has 0 bridgehead atoms. The van der Waals surface area contributed by atoms with Gasteiger partial charge in [0.1, 0.15) is 0 Å². The van der Waals surface area contributed by atoms with E-state index >= 15 is 0 Å². The largest absolute Gasteiger partial charge is 0.411 e. The first-order chi connectivity index (χ1) is 5.68. The Morgan fingerprint density at radius 1 is 1.33 bits per heavy atom. The van der Waals surface area contributed by atoms with Crippen LogP contribution in [0.1, 0.15) is 11.1 Å². The van der Waals surface area contributed by atoms with Gasteiger partial charge in [-0.3, -0.25) is 8.22 Å². The Bertz CT molecular complexity index is 248. The van der Waals surface area contributed by atoms with E-state index in [9.17, 15) is 8.22 Å². The smallest absolute Gasteiger partial charge is 0.275 e. The summed E-state index contributed by atoms with van der Waals surface area (Å²) in [5.74, 6) is 0. The predicted molar refractivity (Wildman–Crippen MR) is 49.1 cm³/mol. The molecule has 0 saturated carbocycles. The van der Waals surface area contributed by atoms with Gasteiger partial charge in [0.05, 0.1) is 0 Å². The molecule has 12 heavy (non-hydrogen) atoms. The molecule has 1 aromatic rings. The molecule has 0 unspecified atom stereocenters. The molecule has 0 aromatic heterocycles. The van der Waals surface area contributed by atoms with E-state index < -0.39 is 9.46 Å². The van der Waals surface area contributed by atoms with Crippen molar-refractivity contribution >= 4 is 9.46 Å². The third-order valence-electron chi connectivity index (χ3n) is 1.73. The van der Waals surface area contributed by atoms with E-state index in [1.54, 1.807) is 0 Å². The van der Waals surface area contributed by atoms with Crippen LogP contribution in [0.3, 0.4) is 0 Å². The second-order valence-corrected chi connectivity index (χ2v) is 4.28. The number of aryl methyl sites for hydroxylation is 2. The lowest BCUT2D eigenvalue weighted by Gasteiger charge is -2.00. The molecule has 0 amide bonds. The van der Waals surface area contributed by atoms with Crippen LogP contribution in [0.15, 0.2) is 24.3 Å². The monoisotopic (exact) mass is 186 g/mol. The Morgan fingerprint density at radius 3 is 2.67 bits per heavy atom. The highest BCUT2D eigenvalue weighted by molar-refractivity contribution is 6.42. The third kappa shape index (κ3) is 3.13. The van der Waals surface area contributed by atoms with Crippen LogP contribution >= 0.6 is 0 Å². The van der Waals surface area contributed by atoms with Crippen molar-refractivity contribution in [3.8, 4) is 0 Å². The van der Waals surface area contributed by atoms with E-state index in [4.69, 9.17) is 0 Å². The van der Waals surface area contributed by atoms with Crippen LogP contribution in [0.25, 0.3) is 0 Å². The summed E-state index contributed by atoms with van der Waals surface area (Å²) < 4.78 is 23.9. The number of rotatable bonds is 3. The summed E-state index contributed by atoms with van der Waals surface area (Å²) in [6, 6.07) is 7.87. The van der Waals surface area contributed by atoms with Crippen molar-refractivity contribution in [1.82, 2.24) is 0 Å². The zero-order valence-electron chi connectivity index (χ0n) is 7.06. The molecule has 66 valence electrons. The summed E-state index contributed by atoms with van der Waals surface area (Å²) in [7, 11) is -3.36. The molecule has 0 spiro atoms. The van der Waals surface area contributed by atoms with Gasteiger partial charge in [0.2, 0.25) is 0 Å². The van der Waals surface area contributed by atoms with E-state index in [-0.39, 0.29) is 6.04 Å². The topological polar surface area (TPSA) is 0 Å². The van der Waals surface area contributed by atoms with E-state index in [1.807, 2.05) is 31.2 Å². The average Bonchev–Trinajstić information content (AvgIpc) is 2.01. The Balaban J connectivity index is 2.52. The standard InChI is InChI=1S/C9H12F2Si/c1-8-3-2-4-9(7-8)5-6-12(10)11/h2-4,7,12H,5-6H2,1H3. The molecule has 1 aromatic carbocycles. The van der Waals surface area contributed by atoms with E-state index in [0.29, 0.717) is 6.42 Å². The quantitative estimate of drug-likeness (QED) is 0.503. The second-order valence-electron chi connectivity index (χ2n) is 2.92. The molecule has 0 aliphatic carbocycles. The molecule has 0 N–H and O–H groups in total. The average molecular weight is 186 g/mol. The predicted octanol–water partition coefficient (Wildman–Crippen LogP) is 2.70. The van der Waals surface area contributed by atoms with Crippen molar-refractivity contribution in [2.45, 2.75) is 19.4 Å². The molecule has 3 heteroatoms. The summed E-state index contributed by atoms with van der Waals surface area (Å²) in [6.07, 6.45) is 0.533. The molecule has 0 aliphatic rings. The molecule has 1 rings (SSSR count). The van der Waals surface area contributed by atoms with Gasteiger partial charge in [0.25, 0.3) is 0 Å². The molecular weight excluding hydrogens is 174 g/mol. The summed E-state index contributed by atoms with van der Waals surface area (Å²) in [5.41, 5.74) is 2.17. The Morgan fingerprint density at radius 2 is 2.08 bits per heavy atom. The van der Waals surface area contributed by atoms with E-state index in [0.717, 1.165) is 11.1 Å². The van der Waals surface area contributed by atoms with Crippen molar-refractivity contribution < 1.29 is 8.22 Å². The van der Waals surface area contributed by atoms with Crippen LogP contribution in [-0.2, 0) is 6.42 Å². The highest BCUT2D eigenvalue weighted by Gasteiger charge is 2.06. The molecular formula is C9H12F2Si. The van der Waals surface area contributed by atoms with Gasteiger partial charge in [-0.2, -0.15) is 0 Å². The maximum atomic E-state index is 12.0. The van der Waals surface area contributed by atoms with Gasteiger partial charge in [0, 0.05) is 0 Å². The Labute approximate surface area is 73.2 Å². The molecule has 0 nitrogen and oxygen atoms in total. The molecule has 0 heterocycles. The van der Waals surface area contributed by atoms with Gasteiger partial charge in [0.15, 0.2) is 0 Å². The lowest BCUT2D eigenvalue weighted by molar-refractivity contribution is 0.650. The van der Waals surface area contributed by atoms with Crippen LogP contribution in [0.4, 0.5) is 8.22 Å². The van der Waals surface area contributed by atoms with E-state index in [2.05, 4.69) is 0 Å². The zero-order chi connectivity index (χ0) is 8.97. The maximum absolute atomic E-state index is 12.0. The third-order valence-corrected chi connectivity index (χ3v) is 2.46. The molecule has 0 saturated heterocycles. The molecule has 0 aliphatic heterocycles. The highest BCUT2D eigenvalue weighted by Crippen LogP contribution is 2.09. The van der Waals surface area contributed by atoms with Crippen molar-refractivity contribution in [2.75, 3.05) is 0 Å². The van der Waals surface area contributed by atoms with Crippen LogP contribution in [0, 0.1) is 6.92 Å². The van der Waals surface area contributed by atoms with Gasteiger partial charge < -0.3 is 0 Å². The van der Waals surface area contributed by atoms with Crippen LogP contribution in [-0.4, -0.2) is 9.46 Å². The van der Waals surface area contributed by atoms with Gasteiger partial charge in [-0.05, 0) is 25.0 Å². The highest BCUT2D eigenvalue weighted by atomic mass is 28.4. The Kier molecular flexibility index (Phi) is 3.41. The lowest BCUT2D eigenvalue weighted by Crippen LogP contribution is -1.98. The van der Waals surface area contributed by atoms with Crippen molar-refractivity contribution in [3.05, 3.63) is 35.4 Å². The minimum absolute atomic E-state index is 0.101. The number of hydrogen-bond donors (Lipinski definition) is 0. The van der Waals surface area contributed by atoms with Gasteiger partial charge in [-0.15, -0.1) is 0 Å². The number of hydrogen-bond acceptors (Lipinski definition) is 0. The second kappa shape index (κ2) is 4.35. The first-order valence-corrected chi connectivity index (χ1v) is 5.71. The van der Waals surface area contributed by atoms with Crippen LogP contribution in [0.2, 0.25) is 6.04 Å². The normalized spacial score (nSPS) is 10.7. The fourth-order valence-corrected chi connectivity index (χ4v) is 1.69. The van der Waals surface area contributed by atoms with E-state index in [1.165, 1.54) is 0 Å². The summed E-state index contributed by atoms with van der Waals surface area (Å²) in [5, 5.41) is 0. The van der Waals surface area contributed by atoms with Crippen LogP contribution in [0.5, 0.6) is 0 Å². The van der Waals surface area contributed by atoms with Crippen molar-refractivity contribution in [3.63, 3.8) is 0 Å². The molecule has 0 radical (unpaired) electrons. The Hall–Kier alpha value is -0.703. The van der Waals surface area contributed by atoms with Gasteiger partial charge in [-0.1, -0.05) is 29.8 Å². The first-order valence-electron chi connectivity index (χ1n) is 4.02.